The Morgan fingerprint density at radius 2 is 2.07 bits per heavy atom. The van der Waals surface area contributed by atoms with Gasteiger partial charge in [-0.3, -0.25) is 9.88 Å². The molecule has 4 heterocycles. The minimum Gasteiger partial charge on any atom is -0.447 e. The van der Waals surface area contributed by atoms with E-state index in [2.05, 4.69) is 38.1 Å². The Bertz CT molecular complexity index is 1020. The average Bonchev–Trinajstić information content (AvgIpc) is 3.30. The van der Waals surface area contributed by atoms with E-state index in [4.69, 9.17) is 4.74 Å². The predicted molar refractivity (Wildman–Crippen MR) is 106 cm³/mol. The third kappa shape index (κ3) is 2.78. The molecule has 7 nitrogen and oxygen atoms in total. The van der Waals surface area contributed by atoms with Crippen molar-refractivity contribution >= 4 is 22.8 Å². The number of benzene rings is 1. The first-order valence-corrected chi connectivity index (χ1v) is 9.68. The number of nitrogens with one attached hydrogen (secondary N) is 1. The molecule has 0 aliphatic carbocycles. The smallest absolute Gasteiger partial charge is 0.410 e. The summed E-state index contributed by atoms with van der Waals surface area (Å²) in [6.07, 6.45) is 7.02. The van der Waals surface area contributed by atoms with E-state index in [1.165, 1.54) is 0 Å². The van der Waals surface area contributed by atoms with E-state index in [1.54, 1.807) is 6.20 Å². The van der Waals surface area contributed by atoms with Crippen molar-refractivity contribution in [2.75, 3.05) is 24.6 Å². The lowest BCUT2D eigenvalue weighted by atomic mass is 9.87. The van der Waals surface area contributed by atoms with Crippen LogP contribution in [0.1, 0.15) is 24.1 Å². The maximum absolute atomic E-state index is 12.6. The number of carbonyl (C=O) groups excluding carboxylic acids is 1. The second-order valence-electron chi connectivity index (χ2n) is 7.73. The largest absolute Gasteiger partial charge is 0.447 e. The number of hydrogen-bond donors (Lipinski definition) is 1. The van der Waals surface area contributed by atoms with Crippen molar-refractivity contribution in [1.29, 1.82) is 0 Å². The van der Waals surface area contributed by atoms with Crippen LogP contribution in [0.15, 0.2) is 42.9 Å². The van der Waals surface area contributed by atoms with Crippen molar-refractivity contribution in [3.8, 4) is 0 Å². The standard InChI is InChI=1S/C21H23N5O2/c1-15-11-22-12-19(24-15)25-9-6-21(7-10-25)14-28-20(27)26(21)13-16-3-2-4-18-17(16)5-8-23-18/h2-5,8,11-12,23H,6-7,9-10,13-14H2,1H3. The van der Waals surface area contributed by atoms with Crippen LogP contribution < -0.4 is 4.90 Å². The summed E-state index contributed by atoms with van der Waals surface area (Å²) < 4.78 is 5.52. The minimum absolute atomic E-state index is 0.212. The van der Waals surface area contributed by atoms with Crippen LogP contribution in [0, 0.1) is 6.92 Å². The maximum Gasteiger partial charge on any atom is 0.410 e. The van der Waals surface area contributed by atoms with Gasteiger partial charge in [-0.25, -0.2) is 9.78 Å². The lowest BCUT2D eigenvalue weighted by Crippen LogP contribution is -2.54. The molecule has 2 aliphatic rings. The number of aromatic amines is 1. The van der Waals surface area contributed by atoms with E-state index < -0.39 is 0 Å². The van der Waals surface area contributed by atoms with Gasteiger partial charge in [-0.1, -0.05) is 12.1 Å². The fraction of sp³-hybridized carbons (Fsp3) is 0.381. The highest BCUT2D eigenvalue weighted by atomic mass is 16.6. The Morgan fingerprint density at radius 3 is 2.89 bits per heavy atom. The van der Waals surface area contributed by atoms with Crippen LogP contribution >= 0.6 is 0 Å². The first-order valence-electron chi connectivity index (χ1n) is 9.68. The molecule has 2 aliphatic heterocycles. The van der Waals surface area contributed by atoms with E-state index >= 15 is 0 Å². The molecule has 1 spiro atoms. The molecule has 28 heavy (non-hydrogen) atoms. The maximum atomic E-state index is 12.6. The second-order valence-corrected chi connectivity index (χ2v) is 7.73. The summed E-state index contributed by atoms with van der Waals surface area (Å²) in [6, 6.07) is 8.24. The Kier molecular flexibility index (Phi) is 3.96. The number of ether oxygens (including phenoxy) is 1. The van der Waals surface area contributed by atoms with Crippen LogP contribution in [0.3, 0.4) is 0 Å². The van der Waals surface area contributed by atoms with Crippen LogP contribution in [-0.2, 0) is 11.3 Å². The molecular weight excluding hydrogens is 354 g/mol. The highest BCUT2D eigenvalue weighted by Gasteiger charge is 2.49. The predicted octanol–water partition coefficient (Wildman–Crippen LogP) is 3.26. The molecule has 144 valence electrons. The number of amides is 1. The molecule has 5 rings (SSSR count). The van der Waals surface area contributed by atoms with Gasteiger partial charge in [0, 0.05) is 36.4 Å². The van der Waals surface area contributed by atoms with Crippen LogP contribution in [0.25, 0.3) is 10.9 Å². The van der Waals surface area contributed by atoms with E-state index in [9.17, 15) is 4.79 Å². The number of carbonyl (C=O) groups is 1. The normalized spacial score (nSPS) is 18.8. The Labute approximate surface area is 163 Å². The zero-order chi connectivity index (χ0) is 19.1. The van der Waals surface area contributed by atoms with Crippen molar-refractivity contribution in [3.63, 3.8) is 0 Å². The molecule has 2 saturated heterocycles. The third-order valence-electron chi connectivity index (χ3n) is 6.03. The number of nitrogens with zero attached hydrogens (tertiary/aromatic N) is 4. The first kappa shape index (κ1) is 17.0. The van der Waals surface area contributed by atoms with Gasteiger partial charge in [0.25, 0.3) is 0 Å². The number of piperidine rings is 1. The zero-order valence-electron chi connectivity index (χ0n) is 15.9. The van der Waals surface area contributed by atoms with Gasteiger partial charge in [0.05, 0.1) is 24.0 Å². The van der Waals surface area contributed by atoms with E-state index in [1.807, 2.05) is 30.3 Å². The summed E-state index contributed by atoms with van der Waals surface area (Å²) in [5.74, 6) is 0.906. The number of H-pyrrole nitrogens is 1. The molecule has 2 aromatic heterocycles. The molecule has 0 atom stereocenters. The van der Waals surface area contributed by atoms with Crippen LogP contribution in [-0.4, -0.2) is 51.2 Å². The molecule has 1 amide bonds. The van der Waals surface area contributed by atoms with Crippen LogP contribution in [0.2, 0.25) is 0 Å². The number of rotatable bonds is 3. The van der Waals surface area contributed by atoms with Crippen molar-refractivity contribution < 1.29 is 9.53 Å². The number of aryl methyl sites for hydroxylation is 1. The minimum atomic E-state index is -0.247. The van der Waals surface area contributed by atoms with Gasteiger partial charge in [-0.15, -0.1) is 0 Å². The van der Waals surface area contributed by atoms with Crippen LogP contribution in [0.4, 0.5) is 10.6 Å². The first-order chi connectivity index (χ1) is 13.6. The molecule has 0 saturated carbocycles. The molecular formula is C21H23N5O2. The van der Waals surface area contributed by atoms with Gasteiger partial charge < -0.3 is 14.6 Å². The molecule has 0 unspecified atom stereocenters. The fourth-order valence-corrected chi connectivity index (χ4v) is 4.41. The topological polar surface area (TPSA) is 74.4 Å². The molecule has 2 fully saturated rings. The Balaban J connectivity index is 1.37. The summed E-state index contributed by atoms with van der Waals surface area (Å²) >= 11 is 0. The number of hydrogen-bond acceptors (Lipinski definition) is 5. The van der Waals surface area contributed by atoms with Gasteiger partial charge in [-0.05, 0) is 37.5 Å². The molecule has 7 heteroatoms. The zero-order valence-corrected chi connectivity index (χ0v) is 15.9. The number of cyclic esters (lactones) is 1. The van der Waals surface area contributed by atoms with E-state index in [0.29, 0.717) is 13.2 Å². The highest BCUT2D eigenvalue weighted by molar-refractivity contribution is 5.83. The lowest BCUT2D eigenvalue weighted by molar-refractivity contribution is 0.126. The number of aromatic nitrogens is 3. The monoisotopic (exact) mass is 377 g/mol. The van der Waals surface area contributed by atoms with E-state index in [0.717, 1.165) is 53.9 Å². The number of anilines is 1. The lowest BCUT2D eigenvalue weighted by Gasteiger charge is -2.43. The van der Waals surface area contributed by atoms with Gasteiger partial charge in [-0.2, -0.15) is 0 Å². The summed E-state index contributed by atoms with van der Waals surface area (Å²) in [7, 11) is 0. The van der Waals surface area contributed by atoms with Crippen molar-refractivity contribution in [3.05, 3.63) is 54.1 Å². The summed E-state index contributed by atoms with van der Waals surface area (Å²) in [5, 5.41) is 1.16. The molecule has 1 aromatic carbocycles. The summed E-state index contributed by atoms with van der Waals surface area (Å²) in [5.41, 5.74) is 2.90. The van der Waals surface area contributed by atoms with Crippen molar-refractivity contribution in [2.24, 2.45) is 0 Å². The molecule has 0 radical (unpaired) electrons. The SMILES string of the molecule is Cc1cncc(N2CCC3(CC2)COC(=O)N3Cc2cccc3[nH]ccc23)n1. The Hall–Kier alpha value is -3.09. The summed E-state index contributed by atoms with van der Waals surface area (Å²) in [4.78, 5) is 28.9. The second kappa shape index (κ2) is 6.51. The van der Waals surface area contributed by atoms with Crippen molar-refractivity contribution in [1.82, 2.24) is 19.9 Å². The van der Waals surface area contributed by atoms with Crippen LogP contribution in [0.5, 0.6) is 0 Å². The van der Waals surface area contributed by atoms with Gasteiger partial charge in [0.1, 0.15) is 12.4 Å². The Morgan fingerprint density at radius 1 is 1.21 bits per heavy atom. The molecule has 0 bridgehead atoms. The van der Waals surface area contributed by atoms with Gasteiger partial charge in [0.15, 0.2) is 0 Å². The van der Waals surface area contributed by atoms with Gasteiger partial charge in [0.2, 0.25) is 0 Å². The molecule has 1 N–H and O–H groups in total. The van der Waals surface area contributed by atoms with E-state index in [-0.39, 0.29) is 11.6 Å². The van der Waals surface area contributed by atoms with Gasteiger partial charge >= 0.3 is 6.09 Å². The average molecular weight is 377 g/mol. The van der Waals surface area contributed by atoms with Crippen molar-refractivity contribution in [2.45, 2.75) is 31.8 Å². The summed E-state index contributed by atoms with van der Waals surface area (Å²) in [6.45, 7) is 4.65. The third-order valence-corrected chi connectivity index (χ3v) is 6.03. The number of fused-ring (bicyclic) bond motifs is 1. The molecule has 3 aromatic rings. The fourth-order valence-electron chi connectivity index (χ4n) is 4.41. The highest BCUT2D eigenvalue weighted by Crippen LogP contribution is 2.37. The quantitative estimate of drug-likeness (QED) is 0.758.